The number of rotatable bonds is 13. The molecule has 0 radical (unpaired) electrons. The first-order chi connectivity index (χ1) is 15.4. The van der Waals surface area contributed by atoms with Gasteiger partial charge in [0.15, 0.2) is 12.8 Å². The van der Waals surface area contributed by atoms with Crippen molar-refractivity contribution in [1.82, 2.24) is 9.88 Å². The largest absolute Gasteiger partial charge is 0.545 e. The predicted octanol–water partition coefficient (Wildman–Crippen LogP) is 2.62. The van der Waals surface area contributed by atoms with Crippen LogP contribution in [0.3, 0.4) is 0 Å². The molecule has 0 spiro atoms. The quantitative estimate of drug-likeness (QED) is 0.366. The first-order valence-corrected chi connectivity index (χ1v) is 11.3. The van der Waals surface area contributed by atoms with Crippen molar-refractivity contribution in [2.45, 2.75) is 53.1 Å². The molecule has 0 aliphatic heterocycles. The highest BCUT2D eigenvalue weighted by Gasteiger charge is 2.20. The van der Waals surface area contributed by atoms with Gasteiger partial charge in [-0.2, -0.15) is 4.58 Å². The molecule has 0 aliphatic carbocycles. The van der Waals surface area contributed by atoms with Crippen LogP contribution in [-0.2, 0) is 6.61 Å². The lowest BCUT2D eigenvalue weighted by Gasteiger charge is -2.21. The molecule has 7 heteroatoms. The van der Waals surface area contributed by atoms with Crippen LogP contribution in [-0.4, -0.2) is 63.0 Å². The number of aliphatic hydroxyl groups is 1. The Morgan fingerprint density at radius 2 is 1.81 bits per heavy atom. The third-order valence-corrected chi connectivity index (χ3v) is 5.56. The number of aromatic carboxylic acids is 1. The van der Waals surface area contributed by atoms with E-state index in [2.05, 4.69) is 23.7 Å². The zero-order chi connectivity index (χ0) is 23.5. The minimum Gasteiger partial charge on any atom is -0.545 e. The highest BCUT2D eigenvalue weighted by atomic mass is 16.4. The maximum atomic E-state index is 11.8. The highest BCUT2D eigenvalue weighted by molar-refractivity contribution is 5.91. The molecule has 1 aromatic heterocycles. The van der Waals surface area contributed by atoms with E-state index in [-0.39, 0.29) is 17.9 Å². The van der Waals surface area contributed by atoms with E-state index >= 15 is 0 Å². The molecule has 0 unspecified atom stereocenters. The van der Waals surface area contributed by atoms with E-state index in [1.54, 1.807) is 31.3 Å². The molecule has 0 saturated heterocycles. The topological polar surface area (TPSA) is 99.7 Å². The molecule has 2 rings (SSSR count). The highest BCUT2D eigenvalue weighted by Crippen LogP contribution is 2.24. The number of hydrogen-bond acceptors (Lipinski definition) is 6. The Morgan fingerprint density at radius 3 is 2.41 bits per heavy atom. The summed E-state index contributed by atoms with van der Waals surface area (Å²) in [5.41, 5.74) is 1.90. The summed E-state index contributed by atoms with van der Waals surface area (Å²) in [5.74, 6) is -1.29. The van der Waals surface area contributed by atoms with E-state index in [9.17, 15) is 20.1 Å². The number of aliphatic hydroxyl groups excluding tert-OH is 1. The van der Waals surface area contributed by atoms with Crippen molar-refractivity contribution in [3.63, 3.8) is 0 Å². The van der Waals surface area contributed by atoms with Crippen molar-refractivity contribution in [3.05, 3.63) is 52.8 Å². The molecule has 32 heavy (non-hydrogen) atoms. The summed E-state index contributed by atoms with van der Waals surface area (Å²) < 4.78 is 1.82. The van der Waals surface area contributed by atoms with Crippen molar-refractivity contribution in [3.8, 4) is 5.75 Å². The zero-order valence-electron chi connectivity index (χ0n) is 19.4. The molecule has 0 atom stereocenters. The number of para-hydroxylation sites is 1. The third kappa shape index (κ3) is 6.87. The number of aromatic hydroxyl groups is 1. The van der Waals surface area contributed by atoms with Crippen LogP contribution in [0.25, 0.3) is 0 Å². The van der Waals surface area contributed by atoms with Crippen molar-refractivity contribution in [1.29, 1.82) is 0 Å². The zero-order valence-corrected chi connectivity index (χ0v) is 19.4. The second-order valence-electron chi connectivity index (χ2n) is 7.97. The Balaban J connectivity index is 2.51. The Kier molecular flexibility index (Phi) is 10.3. The first-order valence-electron chi connectivity index (χ1n) is 11.3. The van der Waals surface area contributed by atoms with Gasteiger partial charge in [-0.15, -0.1) is 0 Å². The molecule has 0 fully saturated rings. The lowest BCUT2D eigenvalue weighted by Crippen LogP contribution is -2.33. The van der Waals surface area contributed by atoms with Gasteiger partial charge in [-0.1, -0.05) is 38.8 Å². The first kappa shape index (κ1) is 25.5. The number of aromatic nitrogens is 1. The molecule has 1 aromatic carbocycles. The van der Waals surface area contributed by atoms with Gasteiger partial charge in [0.05, 0.1) is 35.9 Å². The van der Waals surface area contributed by atoms with Crippen LogP contribution < -0.4 is 5.11 Å². The van der Waals surface area contributed by atoms with Gasteiger partial charge >= 0.3 is 0 Å². The molecular formula is C25H35N3O4. The van der Waals surface area contributed by atoms with Crippen molar-refractivity contribution in [2.24, 2.45) is 0 Å². The lowest BCUT2D eigenvalue weighted by molar-refractivity contribution is -0.436. The number of carbonyl (C=O) groups is 1. The average Bonchev–Trinajstić information content (AvgIpc) is 2.80. The predicted molar refractivity (Wildman–Crippen MR) is 124 cm³/mol. The minimum absolute atomic E-state index is 0.0266. The number of benzene rings is 1. The summed E-state index contributed by atoms with van der Waals surface area (Å²) in [6.45, 7) is 8.94. The summed E-state index contributed by atoms with van der Waals surface area (Å²) >= 11 is 0. The second-order valence-corrected chi connectivity index (χ2v) is 7.97. The molecule has 0 aliphatic rings. The Bertz CT molecular complexity index is 919. The van der Waals surface area contributed by atoms with Crippen LogP contribution >= 0.6 is 0 Å². The van der Waals surface area contributed by atoms with Crippen LogP contribution in [0.1, 0.15) is 66.7 Å². The summed E-state index contributed by atoms with van der Waals surface area (Å²) in [6, 6.07) is 6.68. The molecule has 0 bridgehead atoms. The van der Waals surface area contributed by atoms with Crippen LogP contribution in [0.2, 0.25) is 0 Å². The standard InChI is InChI=1S/C25H35N3O4/c1-4-6-12-27(13-7-5-2)14-15-28(23-11-9-8-10-21(23)25(31)32)17-22-20(18-29)16-26-19(3)24(22)30/h8-11,16-17,29H,4-7,12-15,18H2,1-3H3,(H,31,32). The van der Waals surface area contributed by atoms with Crippen LogP contribution in [0.5, 0.6) is 5.75 Å². The van der Waals surface area contributed by atoms with Crippen molar-refractivity contribution < 1.29 is 24.7 Å². The number of carboxylic acids is 1. The van der Waals surface area contributed by atoms with Gasteiger partial charge in [-0.3, -0.25) is 9.88 Å². The van der Waals surface area contributed by atoms with Gasteiger partial charge in [-0.05, 0) is 38.9 Å². The maximum absolute atomic E-state index is 11.8. The van der Waals surface area contributed by atoms with E-state index in [0.717, 1.165) is 45.3 Å². The van der Waals surface area contributed by atoms with Gasteiger partial charge in [0.2, 0.25) is 5.69 Å². The van der Waals surface area contributed by atoms with E-state index in [0.29, 0.717) is 29.1 Å². The third-order valence-electron chi connectivity index (χ3n) is 5.56. The average molecular weight is 442 g/mol. The van der Waals surface area contributed by atoms with Gasteiger partial charge in [0, 0.05) is 17.8 Å². The van der Waals surface area contributed by atoms with Crippen LogP contribution in [0, 0.1) is 6.92 Å². The summed E-state index contributed by atoms with van der Waals surface area (Å²) in [7, 11) is 0. The molecule has 174 valence electrons. The number of carbonyl (C=O) groups excluding carboxylic acids is 1. The monoisotopic (exact) mass is 441 g/mol. The van der Waals surface area contributed by atoms with E-state index in [4.69, 9.17) is 0 Å². The summed E-state index contributed by atoms with van der Waals surface area (Å²) in [5, 5.41) is 32.2. The van der Waals surface area contributed by atoms with E-state index in [1.165, 1.54) is 12.3 Å². The fraction of sp³-hybridized carbons (Fsp3) is 0.480. The van der Waals surface area contributed by atoms with Gasteiger partial charge in [-0.25, -0.2) is 0 Å². The summed E-state index contributed by atoms with van der Waals surface area (Å²) in [6.07, 6.45) is 7.64. The lowest BCUT2D eigenvalue weighted by atomic mass is 10.1. The maximum Gasteiger partial charge on any atom is 0.214 e. The Hall–Kier alpha value is -2.77. The van der Waals surface area contributed by atoms with E-state index in [1.807, 2.05) is 4.58 Å². The number of nitrogens with zero attached hydrogens (tertiary/aromatic N) is 3. The molecule has 7 nitrogen and oxygen atoms in total. The second kappa shape index (κ2) is 12.9. The van der Waals surface area contributed by atoms with Gasteiger partial charge in [0.25, 0.3) is 0 Å². The number of hydrogen-bond donors (Lipinski definition) is 2. The molecule has 0 saturated carbocycles. The Morgan fingerprint density at radius 1 is 1.16 bits per heavy atom. The van der Waals surface area contributed by atoms with Crippen LogP contribution in [0.4, 0.5) is 5.69 Å². The van der Waals surface area contributed by atoms with Gasteiger partial charge in [0.1, 0.15) is 5.75 Å². The van der Waals surface area contributed by atoms with Crippen LogP contribution in [0.15, 0.2) is 30.5 Å². The SMILES string of the molecule is CCCCN(CCCC)CC[N+](=Cc1c(CO)cnc(C)c1O)c1ccccc1C(=O)[O-]. The fourth-order valence-electron chi connectivity index (χ4n) is 3.58. The number of pyridine rings is 1. The van der Waals surface area contributed by atoms with Crippen molar-refractivity contribution >= 4 is 17.9 Å². The van der Waals surface area contributed by atoms with Gasteiger partial charge < -0.3 is 20.1 Å². The summed E-state index contributed by atoms with van der Waals surface area (Å²) in [4.78, 5) is 18.3. The normalized spacial score (nSPS) is 11.8. The molecule has 1 heterocycles. The Labute approximate surface area is 190 Å². The number of unbranched alkanes of at least 4 members (excludes halogenated alkanes) is 2. The molecular weight excluding hydrogens is 406 g/mol. The number of carboxylic acid groups (broad SMARTS) is 1. The molecule has 0 amide bonds. The van der Waals surface area contributed by atoms with E-state index < -0.39 is 5.97 Å². The smallest absolute Gasteiger partial charge is 0.214 e. The molecule has 2 N–H and O–H groups in total. The minimum atomic E-state index is -1.26. The number of aryl methyl sites for hydroxylation is 1. The molecule has 2 aromatic rings. The van der Waals surface area contributed by atoms with Crippen molar-refractivity contribution in [2.75, 3.05) is 26.2 Å². The fourth-order valence-corrected chi connectivity index (χ4v) is 3.58.